The van der Waals surface area contributed by atoms with E-state index in [1.807, 2.05) is 56.3 Å². The maximum Gasteiger partial charge on any atom is 0.262 e. The predicted molar refractivity (Wildman–Crippen MR) is 126 cm³/mol. The van der Waals surface area contributed by atoms with Gasteiger partial charge in [-0.25, -0.2) is 0 Å². The quantitative estimate of drug-likeness (QED) is 0.472. The van der Waals surface area contributed by atoms with Crippen LogP contribution in [0.25, 0.3) is 0 Å². The highest BCUT2D eigenvalue weighted by molar-refractivity contribution is 5.92. The summed E-state index contributed by atoms with van der Waals surface area (Å²) in [4.78, 5) is 12.3. The first-order valence-electron chi connectivity index (χ1n) is 10.5. The predicted octanol–water partition coefficient (Wildman–Crippen LogP) is 5.64. The van der Waals surface area contributed by atoms with Gasteiger partial charge in [0.05, 0.1) is 6.61 Å². The summed E-state index contributed by atoms with van der Waals surface area (Å²) in [6, 6.07) is 19.8. The average molecular weight is 419 g/mol. The fourth-order valence-corrected chi connectivity index (χ4v) is 3.32. The fourth-order valence-electron chi connectivity index (χ4n) is 3.32. The minimum Gasteiger partial charge on any atom is -0.490 e. The summed E-state index contributed by atoms with van der Waals surface area (Å²) in [5.41, 5.74) is 6.48. The van der Waals surface area contributed by atoms with Gasteiger partial charge >= 0.3 is 0 Å². The first-order chi connectivity index (χ1) is 14.9. The van der Waals surface area contributed by atoms with E-state index < -0.39 is 0 Å². The van der Waals surface area contributed by atoms with Crippen LogP contribution in [0.3, 0.4) is 0 Å². The van der Waals surface area contributed by atoms with E-state index in [0.29, 0.717) is 24.7 Å². The Morgan fingerprint density at radius 1 is 0.871 bits per heavy atom. The normalized spacial score (nSPS) is 10.5. The average Bonchev–Trinajstić information content (AvgIpc) is 2.73. The second-order valence-corrected chi connectivity index (χ2v) is 7.59. The molecule has 3 aromatic rings. The number of hydrogen-bond donors (Lipinski definition) is 2. The van der Waals surface area contributed by atoms with Gasteiger partial charge in [-0.2, -0.15) is 0 Å². The van der Waals surface area contributed by atoms with Gasteiger partial charge in [-0.05, 0) is 74.7 Å². The molecule has 0 fully saturated rings. The van der Waals surface area contributed by atoms with Crippen molar-refractivity contribution in [3.8, 4) is 11.5 Å². The van der Waals surface area contributed by atoms with Crippen molar-refractivity contribution in [3.63, 3.8) is 0 Å². The van der Waals surface area contributed by atoms with Gasteiger partial charge in [0.25, 0.3) is 5.91 Å². The molecular weight excluding hydrogens is 388 g/mol. The number of hydrogen-bond acceptors (Lipinski definition) is 4. The Bertz CT molecular complexity index is 1050. The van der Waals surface area contributed by atoms with Crippen LogP contribution >= 0.6 is 0 Å². The minimum atomic E-state index is -0.214. The lowest BCUT2D eigenvalue weighted by Crippen LogP contribution is -2.20. The first-order valence-corrected chi connectivity index (χ1v) is 10.5. The van der Waals surface area contributed by atoms with Crippen molar-refractivity contribution in [3.05, 3.63) is 82.9 Å². The van der Waals surface area contributed by atoms with Gasteiger partial charge in [0, 0.05) is 17.9 Å². The summed E-state index contributed by atoms with van der Waals surface area (Å²) in [6.45, 7) is 9.18. The van der Waals surface area contributed by atoms with Crippen LogP contribution in [0.2, 0.25) is 0 Å². The first kappa shape index (κ1) is 22.2. The number of rotatable bonds is 9. The molecule has 5 nitrogen and oxygen atoms in total. The van der Waals surface area contributed by atoms with Crippen LogP contribution in [0.4, 0.5) is 11.4 Å². The molecule has 0 radical (unpaired) electrons. The number of carbonyl (C=O) groups excluding carboxylic acids is 1. The summed E-state index contributed by atoms with van der Waals surface area (Å²) < 4.78 is 11.5. The molecule has 0 aliphatic carbocycles. The Morgan fingerprint density at radius 3 is 2.42 bits per heavy atom. The number of benzene rings is 3. The number of ether oxygens (including phenoxy) is 2. The van der Waals surface area contributed by atoms with E-state index in [4.69, 9.17) is 9.47 Å². The summed E-state index contributed by atoms with van der Waals surface area (Å²) >= 11 is 0. The molecule has 0 saturated heterocycles. The van der Waals surface area contributed by atoms with Crippen LogP contribution in [-0.2, 0) is 11.3 Å². The van der Waals surface area contributed by atoms with E-state index in [9.17, 15) is 4.79 Å². The van der Waals surface area contributed by atoms with Gasteiger partial charge in [-0.3, -0.25) is 4.79 Å². The highest BCUT2D eigenvalue weighted by Crippen LogP contribution is 2.29. The van der Waals surface area contributed by atoms with E-state index in [0.717, 1.165) is 22.5 Å². The van der Waals surface area contributed by atoms with Crippen molar-refractivity contribution in [1.82, 2.24) is 0 Å². The van der Waals surface area contributed by atoms with Gasteiger partial charge in [0.15, 0.2) is 18.1 Å². The van der Waals surface area contributed by atoms with Crippen LogP contribution in [0, 0.1) is 20.8 Å². The fraction of sp³-hybridized carbons (Fsp3) is 0.269. The number of anilines is 2. The van der Waals surface area contributed by atoms with Gasteiger partial charge in [-0.1, -0.05) is 35.9 Å². The van der Waals surface area contributed by atoms with E-state index in [1.54, 1.807) is 0 Å². The molecule has 0 heterocycles. The molecule has 5 heteroatoms. The van der Waals surface area contributed by atoms with Gasteiger partial charge in [0.2, 0.25) is 0 Å². The summed E-state index contributed by atoms with van der Waals surface area (Å²) in [5.74, 6) is 0.968. The lowest BCUT2D eigenvalue weighted by Gasteiger charge is -2.15. The molecule has 0 aliphatic rings. The molecule has 3 rings (SSSR count). The number of aryl methyl sites for hydroxylation is 3. The summed E-state index contributed by atoms with van der Waals surface area (Å²) in [5, 5.41) is 6.32. The topological polar surface area (TPSA) is 59.6 Å². The molecule has 162 valence electrons. The molecule has 0 saturated carbocycles. The molecule has 31 heavy (non-hydrogen) atoms. The maximum absolute atomic E-state index is 12.3. The highest BCUT2D eigenvalue weighted by atomic mass is 16.5. The Morgan fingerprint density at radius 2 is 1.68 bits per heavy atom. The zero-order valence-electron chi connectivity index (χ0n) is 18.6. The third-order valence-corrected chi connectivity index (χ3v) is 4.83. The highest BCUT2D eigenvalue weighted by Gasteiger charge is 2.10. The third-order valence-electron chi connectivity index (χ3n) is 4.83. The van der Waals surface area contributed by atoms with E-state index in [1.165, 1.54) is 11.1 Å². The largest absolute Gasteiger partial charge is 0.490 e. The number of nitrogens with one attached hydrogen (secondary N) is 2. The molecule has 0 bridgehead atoms. The Hall–Kier alpha value is -3.47. The molecule has 2 N–H and O–H groups in total. The van der Waals surface area contributed by atoms with E-state index >= 15 is 0 Å². The lowest BCUT2D eigenvalue weighted by molar-refractivity contribution is -0.118. The molecule has 0 unspecified atom stereocenters. The number of carbonyl (C=O) groups is 1. The van der Waals surface area contributed by atoms with Crippen molar-refractivity contribution in [2.45, 2.75) is 34.2 Å². The smallest absolute Gasteiger partial charge is 0.262 e. The van der Waals surface area contributed by atoms with Gasteiger partial charge in [-0.15, -0.1) is 0 Å². The van der Waals surface area contributed by atoms with E-state index in [-0.39, 0.29) is 12.5 Å². The Balaban J connectivity index is 1.62. The maximum atomic E-state index is 12.3. The van der Waals surface area contributed by atoms with Crippen molar-refractivity contribution >= 4 is 17.3 Å². The monoisotopic (exact) mass is 418 g/mol. The third kappa shape index (κ3) is 6.51. The molecule has 3 aromatic carbocycles. The molecule has 1 amide bonds. The second-order valence-electron chi connectivity index (χ2n) is 7.59. The standard InChI is InChI=1S/C26H30N2O3/c1-5-30-25-15-21(16-27-23-11-9-19(3)13-20(23)4)10-12-24(25)31-17-26(29)28-22-8-6-7-18(2)14-22/h6-15,27H,5,16-17H2,1-4H3,(H,28,29). The zero-order valence-corrected chi connectivity index (χ0v) is 18.6. The van der Waals surface area contributed by atoms with Crippen molar-refractivity contribution in [1.29, 1.82) is 0 Å². The van der Waals surface area contributed by atoms with Crippen molar-refractivity contribution in [2.24, 2.45) is 0 Å². The minimum absolute atomic E-state index is 0.0891. The molecule has 0 atom stereocenters. The number of amides is 1. The van der Waals surface area contributed by atoms with Crippen LogP contribution in [0.5, 0.6) is 11.5 Å². The Labute approximate surface area is 184 Å². The SMILES string of the molecule is CCOc1cc(CNc2ccc(C)cc2C)ccc1OCC(=O)Nc1cccc(C)c1. The molecule has 0 aliphatic heterocycles. The van der Waals surface area contributed by atoms with E-state index in [2.05, 4.69) is 42.7 Å². The van der Waals surface area contributed by atoms with Gasteiger partial charge < -0.3 is 20.1 Å². The van der Waals surface area contributed by atoms with Crippen molar-refractivity contribution < 1.29 is 14.3 Å². The second kappa shape index (κ2) is 10.5. The van der Waals surface area contributed by atoms with Crippen LogP contribution in [0.15, 0.2) is 60.7 Å². The summed E-state index contributed by atoms with van der Waals surface area (Å²) in [7, 11) is 0. The van der Waals surface area contributed by atoms with Crippen LogP contribution < -0.4 is 20.1 Å². The zero-order chi connectivity index (χ0) is 22.2. The van der Waals surface area contributed by atoms with Crippen molar-refractivity contribution in [2.75, 3.05) is 23.8 Å². The van der Waals surface area contributed by atoms with Crippen LogP contribution in [0.1, 0.15) is 29.2 Å². The molecular formula is C26H30N2O3. The molecule has 0 aromatic heterocycles. The molecule has 0 spiro atoms. The Kier molecular flexibility index (Phi) is 7.55. The van der Waals surface area contributed by atoms with Crippen LogP contribution in [-0.4, -0.2) is 19.1 Å². The summed E-state index contributed by atoms with van der Waals surface area (Å²) in [6.07, 6.45) is 0. The van der Waals surface area contributed by atoms with Gasteiger partial charge in [0.1, 0.15) is 0 Å². The lowest BCUT2D eigenvalue weighted by atomic mass is 10.1.